The van der Waals surface area contributed by atoms with E-state index in [9.17, 15) is 4.79 Å². The number of para-hydroxylation sites is 1. The molecule has 0 radical (unpaired) electrons. The van der Waals surface area contributed by atoms with E-state index in [1.165, 1.54) is 0 Å². The quantitative estimate of drug-likeness (QED) is 0.558. The maximum atomic E-state index is 12.5. The van der Waals surface area contributed by atoms with Gasteiger partial charge >= 0.3 is 0 Å². The lowest BCUT2D eigenvalue weighted by molar-refractivity contribution is -0.121. The zero-order valence-electron chi connectivity index (χ0n) is 14.4. The summed E-state index contributed by atoms with van der Waals surface area (Å²) in [6, 6.07) is 16.0. The number of H-pyrrole nitrogens is 1. The van der Waals surface area contributed by atoms with Gasteiger partial charge in [0.15, 0.2) is 0 Å². The van der Waals surface area contributed by atoms with Crippen LogP contribution in [0.5, 0.6) is 0 Å². The Morgan fingerprint density at radius 2 is 1.92 bits per heavy atom. The molecule has 3 nitrogen and oxygen atoms in total. The van der Waals surface area contributed by atoms with Crippen LogP contribution in [-0.2, 0) is 4.79 Å². The molecule has 1 heterocycles. The summed E-state index contributed by atoms with van der Waals surface area (Å²) in [6.07, 6.45) is 4.52. The van der Waals surface area contributed by atoms with Crippen LogP contribution in [0.25, 0.3) is 10.9 Å². The number of carbonyl (C=O) groups excluding carboxylic acids is 1. The molecule has 130 valence electrons. The first kappa shape index (κ1) is 17.6. The van der Waals surface area contributed by atoms with Crippen molar-refractivity contribution in [2.75, 3.05) is 6.54 Å². The molecule has 3 aromatic rings. The van der Waals surface area contributed by atoms with Gasteiger partial charge in [-0.2, -0.15) is 0 Å². The second-order valence-corrected chi connectivity index (χ2v) is 6.74. The number of aromatic amines is 1. The van der Waals surface area contributed by atoms with E-state index in [0.717, 1.165) is 41.4 Å². The lowest BCUT2D eigenvalue weighted by Gasteiger charge is -2.17. The number of aromatic nitrogens is 1. The molecular weight excluding hydrogens is 332 g/mol. The van der Waals surface area contributed by atoms with E-state index in [-0.39, 0.29) is 11.8 Å². The second kappa shape index (κ2) is 8.21. The number of halogens is 1. The topological polar surface area (TPSA) is 44.9 Å². The van der Waals surface area contributed by atoms with E-state index in [1.54, 1.807) is 0 Å². The van der Waals surface area contributed by atoms with E-state index in [1.807, 2.05) is 42.6 Å². The molecule has 2 N–H and O–H groups in total. The van der Waals surface area contributed by atoms with Gasteiger partial charge in [-0.15, -0.1) is 0 Å². The molecule has 25 heavy (non-hydrogen) atoms. The highest BCUT2D eigenvalue weighted by Gasteiger charge is 2.21. The number of amides is 1. The average molecular weight is 355 g/mol. The van der Waals surface area contributed by atoms with Crippen LogP contribution in [0.4, 0.5) is 0 Å². The second-order valence-electron chi connectivity index (χ2n) is 6.30. The van der Waals surface area contributed by atoms with Gasteiger partial charge in [0.2, 0.25) is 5.91 Å². The Morgan fingerprint density at radius 1 is 1.16 bits per heavy atom. The van der Waals surface area contributed by atoms with Gasteiger partial charge in [-0.05, 0) is 35.7 Å². The summed E-state index contributed by atoms with van der Waals surface area (Å²) < 4.78 is 0. The Labute approximate surface area is 153 Å². The van der Waals surface area contributed by atoms with Gasteiger partial charge in [-0.3, -0.25) is 4.79 Å². The highest BCUT2D eigenvalue weighted by Crippen LogP contribution is 2.33. The monoisotopic (exact) mass is 354 g/mol. The largest absolute Gasteiger partial charge is 0.361 e. The lowest BCUT2D eigenvalue weighted by Crippen LogP contribution is -2.26. The van der Waals surface area contributed by atoms with Crippen molar-refractivity contribution in [3.05, 3.63) is 70.9 Å². The fourth-order valence-electron chi connectivity index (χ4n) is 3.15. The maximum Gasteiger partial charge on any atom is 0.220 e. The Hall–Kier alpha value is -2.26. The Bertz CT molecular complexity index is 838. The van der Waals surface area contributed by atoms with Crippen molar-refractivity contribution in [1.82, 2.24) is 10.3 Å². The average Bonchev–Trinajstić information content (AvgIpc) is 3.05. The van der Waals surface area contributed by atoms with Crippen molar-refractivity contribution in [2.24, 2.45) is 0 Å². The minimum Gasteiger partial charge on any atom is -0.361 e. The maximum absolute atomic E-state index is 12.5. The van der Waals surface area contributed by atoms with Crippen LogP contribution < -0.4 is 5.32 Å². The van der Waals surface area contributed by atoms with Crippen LogP contribution in [0.1, 0.15) is 43.2 Å². The molecule has 0 aliphatic heterocycles. The molecule has 1 atom stereocenters. The molecule has 0 unspecified atom stereocenters. The standard InChI is InChI=1S/C21H23ClN2O/c1-2-3-12-23-21(25)13-18(15-8-10-16(22)11-9-15)19-14-24-20-7-5-4-6-17(19)20/h4-11,14,18,24H,2-3,12-13H2,1H3,(H,23,25)/t18-/m0/s1. The minimum absolute atomic E-state index is 0.00459. The van der Waals surface area contributed by atoms with E-state index in [0.29, 0.717) is 11.4 Å². The molecular formula is C21H23ClN2O. The lowest BCUT2D eigenvalue weighted by atomic mass is 9.88. The third kappa shape index (κ3) is 4.23. The predicted molar refractivity (Wildman–Crippen MR) is 104 cm³/mol. The van der Waals surface area contributed by atoms with Gasteiger partial charge in [0.05, 0.1) is 0 Å². The van der Waals surface area contributed by atoms with Crippen molar-refractivity contribution in [3.63, 3.8) is 0 Å². The normalized spacial score (nSPS) is 12.2. The van der Waals surface area contributed by atoms with Crippen LogP contribution in [0.2, 0.25) is 5.02 Å². The van der Waals surface area contributed by atoms with Gasteiger partial charge < -0.3 is 10.3 Å². The number of nitrogens with one attached hydrogen (secondary N) is 2. The number of hydrogen-bond acceptors (Lipinski definition) is 1. The summed E-state index contributed by atoms with van der Waals surface area (Å²) in [6.45, 7) is 2.85. The third-order valence-electron chi connectivity index (χ3n) is 4.51. The van der Waals surface area contributed by atoms with Crippen molar-refractivity contribution in [1.29, 1.82) is 0 Å². The van der Waals surface area contributed by atoms with Crippen molar-refractivity contribution in [3.8, 4) is 0 Å². The summed E-state index contributed by atoms with van der Waals surface area (Å²) in [7, 11) is 0. The molecule has 0 saturated carbocycles. The smallest absolute Gasteiger partial charge is 0.220 e. The van der Waals surface area contributed by atoms with Gasteiger partial charge in [0, 0.05) is 41.0 Å². The summed E-state index contributed by atoms with van der Waals surface area (Å²) in [5.74, 6) is 0.0775. The zero-order chi connectivity index (χ0) is 17.6. The first-order chi connectivity index (χ1) is 12.2. The number of benzene rings is 2. The number of fused-ring (bicyclic) bond motifs is 1. The Morgan fingerprint density at radius 3 is 2.68 bits per heavy atom. The Kier molecular flexibility index (Phi) is 5.77. The summed E-state index contributed by atoms with van der Waals surface area (Å²) in [4.78, 5) is 15.8. The summed E-state index contributed by atoms with van der Waals surface area (Å²) >= 11 is 6.04. The molecule has 0 aliphatic rings. The first-order valence-electron chi connectivity index (χ1n) is 8.77. The molecule has 0 spiro atoms. The first-order valence-corrected chi connectivity index (χ1v) is 9.15. The van der Waals surface area contributed by atoms with Crippen LogP contribution in [0.15, 0.2) is 54.7 Å². The fourth-order valence-corrected chi connectivity index (χ4v) is 3.27. The molecule has 4 heteroatoms. The van der Waals surface area contributed by atoms with Crippen LogP contribution in [0, 0.1) is 0 Å². The van der Waals surface area contributed by atoms with Gasteiger partial charge in [-0.1, -0.05) is 55.3 Å². The fraction of sp³-hybridized carbons (Fsp3) is 0.286. The molecule has 0 bridgehead atoms. The van der Waals surface area contributed by atoms with Crippen LogP contribution in [0.3, 0.4) is 0 Å². The predicted octanol–water partition coefficient (Wildman–Crippen LogP) is 5.26. The summed E-state index contributed by atoms with van der Waals surface area (Å²) in [5, 5.41) is 4.89. The molecule has 2 aromatic carbocycles. The van der Waals surface area contributed by atoms with E-state index in [2.05, 4.69) is 29.4 Å². The molecule has 3 rings (SSSR count). The van der Waals surface area contributed by atoms with Crippen molar-refractivity contribution >= 4 is 28.4 Å². The summed E-state index contributed by atoms with van der Waals surface area (Å²) in [5.41, 5.74) is 3.33. The van der Waals surface area contributed by atoms with Crippen molar-refractivity contribution in [2.45, 2.75) is 32.1 Å². The molecule has 1 aromatic heterocycles. The van der Waals surface area contributed by atoms with E-state index < -0.39 is 0 Å². The van der Waals surface area contributed by atoms with E-state index in [4.69, 9.17) is 11.6 Å². The van der Waals surface area contributed by atoms with Crippen LogP contribution >= 0.6 is 11.6 Å². The van der Waals surface area contributed by atoms with Crippen molar-refractivity contribution < 1.29 is 4.79 Å². The molecule has 0 saturated heterocycles. The molecule has 0 aliphatic carbocycles. The highest BCUT2D eigenvalue weighted by atomic mass is 35.5. The SMILES string of the molecule is CCCCNC(=O)C[C@@H](c1ccc(Cl)cc1)c1c[nH]c2ccccc12. The number of hydrogen-bond donors (Lipinski definition) is 2. The van der Waals surface area contributed by atoms with Gasteiger partial charge in [0.1, 0.15) is 0 Å². The molecule has 0 fully saturated rings. The van der Waals surface area contributed by atoms with Gasteiger partial charge in [-0.25, -0.2) is 0 Å². The minimum atomic E-state index is -0.00459. The highest BCUT2D eigenvalue weighted by molar-refractivity contribution is 6.30. The Balaban J connectivity index is 1.91. The zero-order valence-corrected chi connectivity index (χ0v) is 15.1. The van der Waals surface area contributed by atoms with Crippen LogP contribution in [-0.4, -0.2) is 17.4 Å². The number of carbonyl (C=O) groups is 1. The molecule has 1 amide bonds. The third-order valence-corrected chi connectivity index (χ3v) is 4.76. The van der Waals surface area contributed by atoms with Gasteiger partial charge in [0.25, 0.3) is 0 Å². The number of unbranched alkanes of at least 4 members (excludes halogenated alkanes) is 1. The van der Waals surface area contributed by atoms with E-state index >= 15 is 0 Å². The number of rotatable bonds is 7.